The van der Waals surface area contributed by atoms with Gasteiger partial charge in [-0.3, -0.25) is 14.4 Å². The molecule has 7 heteroatoms. The molecule has 1 N–H and O–H groups in total. The fourth-order valence-corrected chi connectivity index (χ4v) is 5.85. The average molecular weight is 470 g/mol. The zero-order chi connectivity index (χ0) is 21.1. The molecule has 0 unspecified atom stereocenters. The predicted octanol–water partition coefficient (Wildman–Crippen LogP) is 3.48. The molecule has 154 valence electrons. The van der Waals surface area contributed by atoms with Gasteiger partial charge in [-0.05, 0) is 42.7 Å². The first-order valence-corrected chi connectivity index (χ1v) is 10.8. The third-order valence-corrected chi connectivity index (χ3v) is 7.06. The lowest BCUT2D eigenvalue weighted by Gasteiger charge is -2.43. The molecular weight excluding hydrogens is 450 g/mol. The summed E-state index contributed by atoms with van der Waals surface area (Å²) in [6.07, 6.45) is -0.496. The van der Waals surface area contributed by atoms with Crippen molar-refractivity contribution in [2.45, 2.75) is 36.9 Å². The lowest BCUT2D eigenvalue weighted by atomic mass is 9.59. The van der Waals surface area contributed by atoms with Crippen molar-refractivity contribution in [3.8, 4) is 0 Å². The van der Waals surface area contributed by atoms with Gasteiger partial charge in [-0.25, -0.2) is 0 Å². The molecule has 0 aromatic heterocycles. The van der Waals surface area contributed by atoms with Crippen molar-refractivity contribution in [2.75, 3.05) is 11.9 Å². The molecule has 0 aliphatic carbocycles. The summed E-state index contributed by atoms with van der Waals surface area (Å²) in [4.78, 5) is 39.9. The van der Waals surface area contributed by atoms with Crippen LogP contribution in [0.1, 0.15) is 30.9 Å². The Labute approximate surface area is 182 Å². The van der Waals surface area contributed by atoms with E-state index in [1.165, 1.54) is 0 Å². The van der Waals surface area contributed by atoms with Crippen LogP contribution in [0, 0.1) is 5.92 Å². The molecule has 2 aromatic rings. The summed E-state index contributed by atoms with van der Waals surface area (Å²) < 4.78 is 12.6. The fourth-order valence-electron chi connectivity index (χ4n) is 5.49. The quantitative estimate of drug-likeness (QED) is 0.695. The van der Waals surface area contributed by atoms with Crippen LogP contribution < -0.4 is 5.32 Å². The van der Waals surface area contributed by atoms with Crippen LogP contribution in [0.5, 0.6) is 0 Å². The minimum absolute atomic E-state index is 0.150. The Bertz CT molecular complexity index is 1070. The van der Waals surface area contributed by atoms with Gasteiger partial charge >= 0.3 is 5.97 Å². The van der Waals surface area contributed by atoms with E-state index in [0.29, 0.717) is 17.7 Å². The highest BCUT2D eigenvalue weighted by Crippen LogP contribution is 2.65. The van der Waals surface area contributed by atoms with Crippen molar-refractivity contribution in [1.82, 2.24) is 0 Å². The lowest BCUT2D eigenvalue weighted by Crippen LogP contribution is -2.55. The van der Waals surface area contributed by atoms with Gasteiger partial charge in [0, 0.05) is 16.6 Å². The average Bonchev–Trinajstić information content (AvgIpc) is 3.18. The third-order valence-electron chi connectivity index (χ3n) is 6.57. The highest BCUT2D eigenvalue weighted by molar-refractivity contribution is 9.10. The first-order valence-electron chi connectivity index (χ1n) is 10.00. The molecule has 5 rings (SSSR count). The number of amides is 1. The SMILES string of the molecule is CCOC(=O)[C@@H]1[C@H]2O[C@](c3ccccc3)(CCC2=O)[C@@]12C(=O)Nc1ccc(Br)cc12. The van der Waals surface area contributed by atoms with E-state index < -0.39 is 29.0 Å². The molecular formula is C23H20BrNO5. The molecule has 30 heavy (non-hydrogen) atoms. The first-order chi connectivity index (χ1) is 14.5. The second-order valence-corrected chi connectivity index (χ2v) is 8.80. The van der Waals surface area contributed by atoms with E-state index in [4.69, 9.17) is 9.47 Å². The number of carbonyl (C=O) groups excluding carboxylic acids is 3. The van der Waals surface area contributed by atoms with Gasteiger partial charge in [-0.1, -0.05) is 46.3 Å². The standard InChI is InChI=1S/C23H20BrNO5/c1-2-29-20(27)18-19-17(26)10-11-22(30-19,13-6-4-3-5-7-13)23(18)15-12-14(24)8-9-16(15)25-21(23)28/h3-9,12,18-19H,2,10-11H2,1H3,(H,25,28)/t18-,19-,22-,23+/m0/s1. The van der Waals surface area contributed by atoms with Crippen molar-refractivity contribution < 1.29 is 23.9 Å². The van der Waals surface area contributed by atoms with Gasteiger partial charge in [0.05, 0.1) is 6.61 Å². The Morgan fingerprint density at radius 2 is 2.00 bits per heavy atom. The minimum atomic E-state index is -1.41. The fraction of sp³-hybridized carbons (Fsp3) is 0.348. The maximum atomic E-state index is 13.8. The normalized spacial score (nSPS) is 31.5. The lowest BCUT2D eigenvalue weighted by molar-refractivity contribution is -0.158. The van der Waals surface area contributed by atoms with Gasteiger partial charge < -0.3 is 14.8 Å². The number of carbonyl (C=O) groups is 3. The van der Waals surface area contributed by atoms with Crippen molar-refractivity contribution in [3.05, 3.63) is 64.1 Å². The summed E-state index contributed by atoms with van der Waals surface area (Å²) in [6.45, 7) is 1.86. The zero-order valence-corrected chi connectivity index (χ0v) is 17.9. The van der Waals surface area contributed by atoms with Crippen molar-refractivity contribution in [2.24, 2.45) is 5.92 Å². The van der Waals surface area contributed by atoms with Crippen LogP contribution in [-0.4, -0.2) is 30.4 Å². The number of esters is 1. The first kappa shape index (κ1) is 19.5. The topological polar surface area (TPSA) is 81.7 Å². The molecule has 0 radical (unpaired) electrons. The van der Waals surface area contributed by atoms with E-state index in [-0.39, 0.29) is 24.7 Å². The second kappa shape index (κ2) is 6.75. The smallest absolute Gasteiger partial charge is 0.313 e. The zero-order valence-electron chi connectivity index (χ0n) is 16.3. The molecule has 3 aliphatic heterocycles. The number of hydrogen-bond acceptors (Lipinski definition) is 5. The number of rotatable bonds is 3. The predicted molar refractivity (Wildman–Crippen MR) is 112 cm³/mol. The van der Waals surface area contributed by atoms with Crippen molar-refractivity contribution in [1.29, 1.82) is 0 Å². The molecule has 3 heterocycles. The number of hydrogen-bond donors (Lipinski definition) is 1. The van der Waals surface area contributed by atoms with Gasteiger partial charge in [0.25, 0.3) is 0 Å². The molecule has 2 saturated heterocycles. The van der Waals surface area contributed by atoms with Gasteiger partial charge in [-0.2, -0.15) is 0 Å². The molecule has 0 saturated carbocycles. The van der Waals surface area contributed by atoms with Gasteiger partial charge in [0.1, 0.15) is 23.0 Å². The number of ether oxygens (including phenoxy) is 2. The largest absolute Gasteiger partial charge is 0.466 e. The second-order valence-electron chi connectivity index (χ2n) is 7.88. The number of anilines is 1. The van der Waals surface area contributed by atoms with Gasteiger partial charge in [0.15, 0.2) is 5.78 Å². The van der Waals surface area contributed by atoms with Crippen LogP contribution in [-0.2, 0) is 34.9 Å². The highest BCUT2D eigenvalue weighted by Gasteiger charge is 2.77. The number of ketones is 1. The van der Waals surface area contributed by atoms with E-state index in [1.54, 1.807) is 13.0 Å². The molecule has 3 aliphatic rings. The van der Waals surface area contributed by atoms with Crippen LogP contribution in [0.2, 0.25) is 0 Å². The summed E-state index contributed by atoms with van der Waals surface area (Å²) in [5.74, 6) is -2.16. The summed E-state index contributed by atoms with van der Waals surface area (Å²) in [7, 11) is 0. The molecule has 2 fully saturated rings. The molecule has 1 amide bonds. The van der Waals surface area contributed by atoms with Crippen LogP contribution in [0.15, 0.2) is 53.0 Å². The van der Waals surface area contributed by atoms with Crippen LogP contribution in [0.3, 0.4) is 0 Å². The van der Waals surface area contributed by atoms with Crippen molar-refractivity contribution >= 4 is 39.3 Å². The Kier molecular flexibility index (Phi) is 4.38. The summed E-state index contributed by atoms with van der Waals surface area (Å²) in [5.41, 5.74) is -0.508. The maximum Gasteiger partial charge on any atom is 0.313 e. The molecule has 4 atom stereocenters. The Hall–Kier alpha value is -2.51. The number of nitrogens with one attached hydrogen (secondary N) is 1. The van der Waals surface area contributed by atoms with E-state index in [1.807, 2.05) is 42.5 Å². The number of Topliss-reactive ketones (excluding diaryl/α,β-unsaturated/α-hetero) is 1. The maximum absolute atomic E-state index is 13.8. The van der Waals surface area contributed by atoms with E-state index >= 15 is 0 Å². The monoisotopic (exact) mass is 469 g/mol. The highest BCUT2D eigenvalue weighted by atomic mass is 79.9. The number of halogens is 1. The van der Waals surface area contributed by atoms with Crippen LogP contribution in [0.25, 0.3) is 0 Å². The Morgan fingerprint density at radius 1 is 1.23 bits per heavy atom. The third kappa shape index (κ3) is 2.30. The van der Waals surface area contributed by atoms with Crippen molar-refractivity contribution in [3.63, 3.8) is 0 Å². The van der Waals surface area contributed by atoms with Gasteiger partial charge in [0.2, 0.25) is 5.91 Å². The summed E-state index contributed by atoms with van der Waals surface area (Å²) >= 11 is 3.50. The summed E-state index contributed by atoms with van der Waals surface area (Å²) in [6, 6.07) is 14.9. The summed E-state index contributed by atoms with van der Waals surface area (Å²) in [5, 5.41) is 2.95. The van der Waals surface area contributed by atoms with Crippen LogP contribution >= 0.6 is 15.9 Å². The Balaban J connectivity index is 1.86. The van der Waals surface area contributed by atoms with E-state index in [2.05, 4.69) is 21.2 Å². The Morgan fingerprint density at radius 3 is 2.73 bits per heavy atom. The molecule has 2 aromatic carbocycles. The van der Waals surface area contributed by atoms with Crippen LogP contribution in [0.4, 0.5) is 5.69 Å². The van der Waals surface area contributed by atoms with E-state index in [9.17, 15) is 14.4 Å². The molecule has 2 bridgehead atoms. The minimum Gasteiger partial charge on any atom is -0.466 e. The van der Waals surface area contributed by atoms with E-state index in [0.717, 1.165) is 10.0 Å². The molecule has 1 spiro atoms. The number of benzene rings is 2. The van der Waals surface area contributed by atoms with Gasteiger partial charge in [-0.15, -0.1) is 0 Å². The number of fused-ring (bicyclic) bond motifs is 5. The molecule has 6 nitrogen and oxygen atoms in total.